The third-order valence-corrected chi connectivity index (χ3v) is 7.98. The number of hydrogen-bond acceptors (Lipinski definition) is 5. The third kappa shape index (κ3) is 12.5. The fourth-order valence-corrected chi connectivity index (χ4v) is 5.45. The molecule has 0 unspecified atom stereocenters. The maximum Gasteiger partial charge on any atom is 0.208 e. The second-order valence-corrected chi connectivity index (χ2v) is 11.2. The van der Waals surface area contributed by atoms with Crippen LogP contribution in [0.15, 0.2) is 36.4 Å². The largest absolute Gasteiger partial charge is 0.493 e. The molecular formula is C37H56O5. The second-order valence-electron chi connectivity index (χ2n) is 11.2. The van der Waals surface area contributed by atoms with Gasteiger partial charge in [0, 0.05) is 0 Å². The Balaban J connectivity index is 1.65. The van der Waals surface area contributed by atoms with Crippen molar-refractivity contribution in [2.45, 2.75) is 116 Å². The number of carbonyl (C=O) groups is 1. The molecule has 42 heavy (non-hydrogen) atoms. The molecule has 0 amide bonds. The van der Waals surface area contributed by atoms with Crippen molar-refractivity contribution in [1.82, 2.24) is 0 Å². The zero-order valence-electron chi connectivity index (χ0n) is 27.1. The van der Waals surface area contributed by atoms with E-state index in [0.717, 1.165) is 12.0 Å². The minimum absolute atomic E-state index is 0.205. The molecule has 0 saturated heterocycles. The standard InChI is InChI=1S/C37H56O5/c1-6-7-8-9-10-11-12-13-14-15-16-17-18-19-20-21-22-30-23-25-31(26-24-30)27-28-33(38)32-29-34(39-2)36(41-4)37(42-5)35(32)40-3/h23-29H,6-22H2,1-5H3. The smallest absolute Gasteiger partial charge is 0.208 e. The molecule has 0 spiro atoms. The van der Waals surface area contributed by atoms with Gasteiger partial charge < -0.3 is 18.9 Å². The minimum Gasteiger partial charge on any atom is -0.493 e. The van der Waals surface area contributed by atoms with Crippen LogP contribution in [0.3, 0.4) is 0 Å². The maximum atomic E-state index is 13.1. The molecule has 2 aromatic carbocycles. The van der Waals surface area contributed by atoms with Gasteiger partial charge in [0.1, 0.15) is 0 Å². The van der Waals surface area contributed by atoms with Gasteiger partial charge in [-0.1, -0.05) is 134 Å². The van der Waals surface area contributed by atoms with E-state index in [2.05, 4.69) is 31.2 Å². The predicted molar refractivity (Wildman–Crippen MR) is 176 cm³/mol. The molecule has 0 aliphatic rings. The number of ketones is 1. The van der Waals surface area contributed by atoms with Gasteiger partial charge in [0.25, 0.3) is 0 Å². The van der Waals surface area contributed by atoms with Crippen LogP contribution in [0.1, 0.15) is 131 Å². The number of rotatable bonds is 24. The number of methoxy groups -OCH3 is 4. The quantitative estimate of drug-likeness (QED) is 0.0702. The van der Waals surface area contributed by atoms with Crippen molar-refractivity contribution in [1.29, 1.82) is 0 Å². The van der Waals surface area contributed by atoms with E-state index in [-0.39, 0.29) is 5.78 Å². The molecule has 5 heteroatoms. The van der Waals surface area contributed by atoms with Crippen molar-refractivity contribution in [3.05, 3.63) is 53.1 Å². The first-order valence-electron chi connectivity index (χ1n) is 16.3. The molecule has 0 heterocycles. The van der Waals surface area contributed by atoms with E-state index in [1.807, 2.05) is 6.08 Å². The first kappa shape index (κ1) is 35.2. The first-order valence-corrected chi connectivity index (χ1v) is 16.3. The van der Waals surface area contributed by atoms with Crippen molar-refractivity contribution in [3.8, 4) is 23.0 Å². The molecule has 5 nitrogen and oxygen atoms in total. The van der Waals surface area contributed by atoms with Gasteiger partial charge in [0.15, 0.2) is 17.3 Å². The summed E-state index contributed by atoms with van der Waals surface area (Å²) >= 11 is 0. The summed E-state index contributed by atoms with van der Waals surface area (Å²) in [5.74, 6) is 1.24. The maximum absolute atomic E-state index is 13.1. The van der Waals surface area contributed by atoms with Crippen LogP contribution in [0, 0.1) is 0 Å². The predicted octanol–water partition coefficient (Wildman–Crippen LogP) is 10.4. The summed E-state index contributed by atoms with van der Waals surface area (Å²) in [7, 11) is 6.05. The Morgan fingerprint density at radius 3 is 1.52 bits per heavy atom. The Bertz CT molecular complexity index is 1040. The second kappa shape index (κ2) is 21.7. The molecule has 0 bridgehead atoms. The lowest BCUT2D eigenvalue weighted by Crippen LogP contribution is -2.05. The van der Waals surface area contributed by atoms with Crippen LogP contribution in [0.2, 0.25) is 0 Å². The summed E-state index contributed by atoms with van der Waals surface area (Å²) in [6, 6.07) is 10.1. The average molecular weight is 581 g/mol. The van der Waals surface area contributed by atoms with Crippen LogP contribution in [0.4, 0.5) is 0 Å². The van der Waals surface area contributed by atoms with Crippen LogP contribution in [-0.4, -0.2) is 34.2 Å². The Hall–Kier alpha value is -2.95. The van der Waals surface area contributed by atoms with Gasteiger partial charge in [-0.25, -0.2) is 0 Å². The molecule has 0 aromatic heterocycles. The molecule has 2 aromatic rings. The van der Waals surface area contributed by atoms with Crippen LogP contribution >= 0.6 is 0 Å². The molecule has 2 rings (SSSR count). The molecule has 0 aliphatic carbocycles. The van der Waals surface area contributed by atoms with Crippen molar-refractivity contribution in [2.24, 2.45) is 0 Å². The lowest BCUT2D eigenvalue weighted by atomic mass is 10.0. The summed E-state index contributed by atoms with van der Waals surface area (Å²) in [6.45, 7) is 2.29. The van der Waals surface area contributed by atoms with Crippen LogP contribution in [0.5, 0.6) is 23.0 Å². The van der Waals surface area contributed by atoms with Crippen molar-refractivity contribution < 1.29 is 23.7 Å². The highest BCUT2D eigenvalue weighted by molar-refractivity contribution is 6.09. The van der Waals surface area contributed by atoms with Gasteiger partial charge in [-0.2, -0.15) is 0 Å². The number of hydrogen-bond donors (Lipinski definition) is 0. The van der Waals surface area contributed by atoms with E-state index in [9.17, 15) is 4.79 Å². The van der Waals surface area contributed by atoms with E-state index in [1.165, 1.54) is 137 Å². The van der Waals surface area contributed by atoms with Gasteiger partial charge in [0.05, 0.1) is 34.0 Å². The fourth-order valence-electron chi connectivity index (χ4n) is 5.45. The number of unbranched alkanes of at least 4 members (excludes halogenated alkanes) is 15. The highest BCUT2D eigenvalue weighted by atomic mass is 16.5. The molecule has 0 atom stereocenters. The van der Waals surface area contributed by atoms with Crippen LogP contribution in [-0.2, 0) is 6.42 Å². The normalized spacial score (nSPS) is 11.2. The Morgan fingerprint density at radius 1 is 0.595 bits per heavy atom. The SMILES string of the molecule is CCCCCCCCCCCCCCCCCCc1ccc(C=CC(=O)c2cc(OC)c(OC)c(OC)c2OC)cc1. The molecule has 0 radical (unpaired) electrons. The topological polar surface area (TPSA) is 54.0 Å². The number of ether oxygens (including phenoxy) is 4. The zero-order chi connectivity index (χ0) is 30.4. The highest BCUT2D eigenvalue weighted by Gasteiger charge is 2.24. The third-order valence-electron chi connectivity index (χ3n) is 7.98. The van der Waals surface area contributed by atoms with Crippen molar-refractivity contribution in [3.63, 3.8) is 0 Å². The van der Waals surface area contributed by atoms with Crippen LogP contribution < -0.4 is 18.9 Å². The van der Waals surface area contributed by atoms with Gasteiger partial charge in [-0.3, -0.25) is 4.79 Å². The summed E-state index contributed by atoms with van der Waals surface area (Å²) in [4.78, 5) is 13.1. The summed E-state index contributed by atoms with van der Waals surface area (Å²) in [5.41, 5.74) is 2.67. The number of benzene rings is 2. The monoisotopic (exact) mass is 580 g/mol. The molecule has 234 valence electrons. The van der Waals surface area contributed by atoms with E-state index >= 15 is 0 Å². The molecular weight excluding hydrogens is 524 g/mol. The van der Waals surface area contributed by atoms with Gasteiger partial charge in [-0.15, -0.1) is 0 Å². The number of aryl methyl sites for hydroxylation is 1. The first-order chi connectivity index (χ1) is 20.6. The van der Waals surface area contributed by atoms with E-state index in [1.54, 1.807) is 12.1 Å². The van der Waals surface area contributed by atoms with Gasteiger partial charge in [0.2, 0.25) is 11.5 Å². The minimum atomic E-state index is -0.205. The Kier molecular flexibility index (Phi) is 18.2. The summed E-state index contributed by atoms with van der Waals surface area (Å²) < 4.78 is 21.8. The average Bonchev–Trinajstić information content (AvgIpc) is 3.02. The van der Waals surface area contributed by atoms with Gasteiger partial charge in [-0.05, 0) is 36.1 Å². The highest BCUT2D eigenvalue weighted by Crippen LogP contribution is 2.46. The number of carbonyl (C=O) groups excluding carboxylic acids is 1. The zero-order valence-corrected chi connectivity index (χ0v) is 27.1. The summed E-state index contributed by atoms with van der Waals surface area (Å²) in [6.07, 6.45) is 26.7. The van der Waals surface area contributed by atoms with E-state index in [0.29, 0.717) is 28.6 Å². The lowest BCUT2D eigenvalue weighted by Gasteiger charge is -2.17. The van der Waals surface area contributed by atoms with Crippen LogP contribution in [0.25, 0.3) is 6.08 Å². The fraction of sp³-hybridized carbons (Fsp3) is 0.595. The number of allylic oxidation sites excluding steroid dienone is 1. The lowest BCUT2D eigenvalue weighted by molar-refractivity contribution is 0.104. The molecule has 0 saturated carbocycles. The Morgan fingerprint density at radius 2 is 1.07 bits per heavy atom. The summed E-state index contributed by atoms with van der Waals surface area (Å²) in [5, 5.41) is 0. The van der Waals surface area contributed by atoms with Crippen molar-refractivity contribution in [2.75, 3.05) is 28.4 Å². The Labute approximate surface area is 256 Å². The van der Waals surface area contributed by atoms with E-state index < -0.39 is 0 Å². The van der Waals surface area contributed by atoms with Gasteiger partial charge >= 0.3 is 0 Å². The van der Waals surface area contributed by atoms with Crippen molar-refractivity contribution >= 4 is 11.9 Å². The molecule has 0 aliphatic heterocycles. The molecule has 0 fully saturated rings. The molecule has 0 N–H and O–H groups in total. The van der Waals surface area contributed by atoms with E-state index in [4.69, 9.17) is 18.9 Å².